The topological polar surface area (TPSA) is 77.3 Å². The van der Waals surface area contributed by atoms with E-state index in [-0.39, 0.29) is 23.7 Å². The van der Waals surface area contributed by atoms with Gasteiger partial charge in [0.25, 0.3) is 5.91 Å². The molecule has 1 aromatic carbocycles. The number of amides is 1. The van der Waals surface area contributed by atoms with Gasteiger partial charge in [-0.25, -0.2) is 14.5 Å². The molecular formula is C20H23ClN4O3. The fraction of sp³-hybridized carbons (Fsp3) is 0.500. The second-order valence-corrected chi connectivity index (χ2v) is 7.91. The Morgan fingerprint density at radius 3 is 2.61 bits per heavy atom. The van der Waals surface area contributed by atoms with E-state index in [0.29, 0.717) is 23.2 Å². The summed E-state index contributed by atoms with van der Waals surface area (Å²) < 4.78 is 6.59. The predicted molar refractivity (Wildman–Crippen MR) is 103 cm³/mol. The van der Waals surface area contributed by atoms with Crippen LogP contribution in [0.3, 0.4) is 0 Å². The fourth-order valence-corrected chi connectivity index (χ4v) is 4.65. The number of halogens is 1. The quantitative estimate of drug-likeness (QED) is 0.737. The lowest BCUT2D eigenvalue weighted by atomic mass is 9.85. The summed E-state index contributed by atoms with van der Waals surface area (Å²) in [4.78, 5) is 31.8. The summed E-state index contributed by atoms with van der Waals surface area (Å²) in [5, 5.41) is 5.05. The summed E-state index contributed by atoms with van der Waals surface area (Å²) in [6, 6.07) is 6.66. The van der Waals surface area contributed by atoms with E-state index in [1.54, 1.807) is 28.6 Å². The van der Waals surface area contributed by atoms with Crippen LogP contribution in [0.2, 0.25) is 5.02 Å². The molecule has 28 heavy (non-hydrogen) atoms. The first-order chi connectivity index (χ1) is 13.5. The van der Waals surface area contributed by atoms with E-state index in [0.717, 1.165) is 31.4 Å². The lowest BCUT2D eigenvalue weighted by Gasteiger charge is -2.32. The Hall–Kier alpha value is -2.41. The standard InChI is InChI=1S/C20H23ClN4O3/c1-12-22-18(23-25(12)15-9-7-14(21)8-10-15)19(26)24-16-6-4-3-5-13(16)11-17(24)20(27)28-2/h7-10,13,16-17H,3-6,11H2,1-2H3. The summed E-state index contributed by atoms with van der Waals surface area (Å²) >= 11 is 5.96. The highest BCUT2D eigenvalue weighted by Gasteiger charge is 2.49. The van der Waals surface area contributed by atoms with Crippen LogP contribution in [0.1, 0.15) is 48.5 Å². The number of hydrogen-bond acceptors (Lipinski definition) is 5. The van der Waals surface area contributed by atoms with Crippen LogP contribution in [0.15, 0.2) is 24.3 Å². The first-order valence-electron chi connectivity index (χ1n) is 9.59. The van der Waals surface area contributed by atoms with Gasteiger partial charge in [-0.1, -0.05) is 24.4 Å². The van der Waals surface area contributed by atoms with Gasteiger partial charge >= 0.3 is 5.97 Å². The fourth-order valence-electron chi connectivity index (χ4n) is 4.52. The Balaban J connectivity index is 1.66. The third-order valence-corrected chi connectivity index (χ3v) is 6.08. The normalized spacial score (nSPS) is 24.1. The monoisotopic (exact) mass is 402 g/mol. The maximum absolute atomic E-state index is 13.3. The van der Waals surface area contributed by atoms with E-state index >= 15 is 0 Å². The van der Waals surface area contributed by atoms with Crippen molar-refractivity contribution in [2.45, 2.75) is 51.1 Å². The van der Waals surface area contributed by atoms with E-state index in [1.807, 2.05) is 12.1 Å². The van der Waals surface area contributed by atoms with Gasteiger partial charge in [-0.05, 0) is 56.4 Å². The summed E-state index contributed by atoms with van der Waals surface area (Å²) in [7, 11) is 1.37. The van der Waals surface area contributed by atoms with Crippen molar-refractivity contribution in [3.05, 3.63) is 40.9 Å². The molecule has 2 aliphatic rings. The van der Waals surface area contributed by atoms with Crippen LogP contribution in [0.25, 0.3) is 5.69 Å². The number of hydrogen-bond donors (Lipinski definition) is 0. The molecule has 1 aliphatic heterocycles. The zero-order chi connectivity index (χ0) is 19.8. The van der Waals surface area contributed by atoms with Crippen molar-refractivity contribution in [3.63, 3.8) is 0 Å². The maximum Gasteiger partial charge on any atom is 0.328 e. The molecule has 1 amide bonds. The third kappa shape index (κ3) is 3.28. The molecule has 3 unspecified atom stereocenters. The SMILES string of the molecule is COC(=O)C1CC2CCCCC2N1C(=O)c1nc(C)n(-c2ccc(Cl)cc2)n1. The van der Waals surface area contributed by atoms with Crippen molar-refractivity contribution in [1.82, 2.24) is 19.7 Å². The molecule has 2 heterocycles. The molecule has 1 aliphatic carbocycles. The van der Waals surface area contributed by atoms with Crippen molar-refractivity contribution in [2.24, 2.45) is 5.92 Å². The summed E-state index contributed by atoms with van der Waals surface area (Å²) in [6.07, 6.45) is 4.79. The van der Waals surface area contributed by atoms with Crippen molar-refractivity contribution >= 4 is 23.5 Å². The van der Waals surface area contributed by atoms with Crippen molar-refractivity contribution in [1.29, 1.82) is 0 Å². The van der Waals surface area contributed by atoms with Gasteiger partial charge in [0.1, 0.15) is 11.9 Å². The maximum atomic E-state index is 13.3. The van der Waals surface area contributed by atoms with Crippen LogP contribution >= 0.6 is 11.6 Å². The molecule has 0 N–H and O–H groups in total. The molecule has 7 nitrogen and oxygen atoms in total. The lowest BCUT2D eigenvalue weighted by molar-refractivity contribution is -0.145. The van der Waals surface area contributed by atoms with Gasteiger partial charge < -0.3 is 9.64 Å². The average molecular weight is 403 g/mol. The second-order valence-electron chi connectivity index (χ2n) is 7.47. The summed E-state index contributed by atoms with van der Waals surface area (Å²) in [5.74, 6) is 0.366. The number of carbonyl (C=O) groups excluding carboxylic acids is 2. The van der Waals surface area contributed by atoms with Gasteiger partial charge in [-0.2, -0.15) is 0 Å². The highest BCUT2D eigenvalue weighted by atomic mass is 35.5. The third-order valence-electron chi connectivity index (χ3n) is 5.83. The number of likely N-dealkylation sites (tertiary alicyclic amines) is 1. The summed E-state index contributed by atoms with van der Waals surface area (Å²) in [5.41, 5.74) is 0.773. The zero-order valence-corrected chi connectivity index (χ0v) is 16.7. The Morgan fingerprint density at radius 2 is 1.89 bits per heavy atom. The molecule has 1 saturated carbocycles. The molecule has 8 heteroatoms. The van der Waals surface area contributed by atoms with Gasteiger partial charge in [0.15, 0.2) is 0 Å². The Morgan fingerprint density at radius 1 is 1.18 bits per heavy atom. The highest BCUT2D eigenvalue weighted by Crippen LogP contribution is 2.40. The number of nitrogens with zero attached hydrogens (tertiary/aromatic N) is 4. The Kier molecular flexibility index (Phi) is 5.10. The van der Waals surface area contributed by atoms with Crippen LogP contribution in [0.4, 0.5) is 0 Å². The molecular weight excluding hydrogens is 380 g/mol. The molecule has 2 aromatic rings. The van der Waals surface area contributed by atoms with E-state index in [2.05, 4.69) is 10.1 Å². The first-order valence-corrected chi connectivity index (χ1v) is 9.97. The number of methoxy groups -OCH3 is 1. The number of esters is 1. The van der Waals surface area contributed by atoms with Crippen LogP contribution in [0, 0.1) is 12.8 Å². The number of carbonyl (C=O) groups is 2. The number of aromatic nitrogens is 3. The van der Waals surface area contributed by atoms with Crippen LogP contribution in [0.5, 0.6) is 0 Å². The number of aryl methyl sites for hydroxylation is 1. The zero-order valence-electron chi connectivity index (χ0n) is 16.0. The molecule has 0 radical (unpaired) electrons. The minimum absolute atomic E-state index is 0.0492. The number of ether oxygens (including phenoxy) is 1. The van der Waals surface area contributed by atoms with Gasteiger partial charge in [0.05, 0.1) is 12.8 Å². The largest absolute Gasteiger partial charge is 0.467 e. The van der Waals surface area contributed by atoms with Crippen molar-refractivity contribution in [2.75, 3.05) is 7.11 Å². The predicted octanol–water partition coefficient (Wildman–Crippen LogP) is 3.18. The Bertz CT molecular complexity index is 895. The van der Waals surface area contributed by atoms with Gasteiger partial charge in [0.2, 0.25) is 5.82 Å². The molecule has 1 saturated heterocycles. The van der Waals surface area contributed by atoms with Crippen molar-refractivity contribution < 1.29 is 14.3 Å². The van der Waals surface area contributed by atoms with Crippen LogP contribution in [-0.4, -0.2) is 50.7 Å². The van der Waals surface area contributed by atoms with E-state index in [4.69, 9.17) is 16.3 Å². The average Bonchev–Trinajstić information content (AvgIpc) is 3.28. The van der Waals surface area contributed by atoms with Crippen LogP contribution < -0.4 is 0 Å². The van der Waals surface area contributed by atoms with Crippen LogP contribution in [-0.2, 0) is 9.53 Å². The molecule has 0 spiro atoms. The van der Waals surface area contributed by atoms with Gasteiger partial charge in [-0.15, -0.1) is 5.10 Å². The molecule has 148 valence electrons. The number of benzene rings is 1. The molecule has 1 aromatic heterocycles. The minimum Gasteiger partial charge on any atom is -0.467 e. The number of rotatable bonds is 3. The molecule has 0 bridgehead atoms. The highest BCUT2D eigenvalue weighted by molar-refractivity contribution is 6.30. The van der Waals surface area contributed by atoms with E-state index < -0.39 is 6.04 Å². The number of fused-ring (bicyclic) bond motifs is 1. The minimum atomic E-state index is -0.562. The van der Waals surface area contributed by atoms with Crippen molar-refractivity contribution in [3.8, 4) is 5.69 Å². The molecule has 3 atom stereocenters. The smallest absolute Gasteiger partial charge is 0.328 e. The van der Waals surface area contributed by atoms with Gasteiger partial charge in [-0.3, -0.25) is 4.79 Å². The Labute approximate surface area is 168 Å². The van der Waals surface area contributed by atoms with E-state index in [9.17, 15) is 9.59 Å². The first kappa shape index (κ1) is 18.9. The summed E-state index contributed by atoms with van der Waals surface area (Å²) in [6.45, 7) is 1.80. The lowest BCUT2D eigenvalue weighted by Crippen LogP contribution is -2.47. The second kappa shape index (κ2) is 7.54. The van der Waals surface area contributed by atoms with Gasteiger partial charge in [0, 0.05) is 11.1 Å². The molecule has 2 fully saturated rings. The van der Waals surface area contributed by atoms with E-state index in [1.165, 1.54) is 7.11 Å². The molecule has 4 rings (SSSR count).